The first-order valence-electron chi connectivity index (χ1n) is 9.53. The van der Waals surface area contributed by atoms with Crippen molar-refractivity contribution in [2.24, 2.45) is 0 Å². The van der Waals surface area contributed by atoms with E-state index in [1.165, 1.54) is 22.5 Å². The van der Waals surface area contributed by atoms with Gasteiger partial charge in [0, 0.05) is 25.7 Å². The smallest absolute Gasteiger partial charge is 0.255 e. The zero-order chi connectivity index (χ0) is 20.3. The van der Waals surface area contributed by atoms with E-state index in [-0.39, 0.29) is 27.4 Å². The Balaban J connectivity index is 1.94. The van der Waals surface area contributed by atoms with Crippen molar-refractivity contribution in [1.82, 2.24) is 9.21 Å². The highest BCUT2D eigenvalue weighted by Gasteiger charge is 2.34. The van der Waals surface area contributed by atoms with Crippen LogP contribution in [0.1, 0.15) is 42.6 Å². The van der Waals surface area contributed by atoms with Gasteiger partial charge in [0.15, 0.2) is 0 Å². The van der Waals surface area contributed by atoms with Crippen molar-refractivity contribution in [3.8, 4) is 0 Å². The molecule has 0 aromatic heterocycles. The molecule has 1 amide bonds. The van der Waals surface area contributed by atoms with E-state index in [9.17, 15) is 13.2 Å². The number of carbonyl (C=O) groups excluding carboxylic acids is 1. The summed E-state index contributed by atoms with van der Waals surface area (Å²) < 4.78 is 27.1. The van der Waals surface area contributed by atoms with Gasteiger partial charge in [-0.3, -0.25) is 4.79 Å². The zero-order valence-corrected chi connectivity index (χ0v) is 17.7. The molecule has 1 saturated carbocycles. The average Bonchev–Trinajstić information content (AvgIpc) is 3.52. The van der Waals surface area contributed by atoms with Crippen molar-refractivity contribution < 1.29 is 13.2 Å². The minimum atomic E-state index is -3.66. The molecule has 0 atom stereocenters. The van der Waals surface area contributed by atoms with E-state index in [2.05, 4.69) is 0 Å². The van der Waals surface area contributed by atoms with Crippen molar-refractivity contribution in [1.29, 1.82) is 0 Å². The van der Waals surface area contributed by atoms with Gasteiger partial charge in [-0.15, -0.1) is 0 Å². The summed E-state index contributed by atoms with van der Waals surface area (Å²) >= 11 is 6.30. The summed E-state index contributed by atoms with van der Waals surface area (Å²) in [4.78, 5) is 15.2. The van der Waals surface area contributed by atoms with Gasteiger partial charge in [-0.1, -0.05) is 55.8 Å². The van der Waals surface area contributed by atoms with Crippen molar-refractivity contribution in [2.45, 2.75) is 44.2 Å². The normalized spacial score (nSPS) is 14.3. The van der Waals surface area contributed by atoms with Gasteiger partial charge in [0.2, 0.25) is 10.0 Å². The summed E-state index contributed by atoms with van der Waals surface area (Å²) in [6.45, 7) is 4.79. The molecule has 0 radical (unpaired) electrons. The Morgan fingerprint density at radius 1 is 1.07 bits per heavy atom. The van der Waals surface area contributed by atoms with Crippen LogP contribution in [0, 0.1) is 0 Å². The molecule has 2 aromatic rings. The van der Waals surface area contributed by atoms with Crippen LogP contribution in [0.5, 0.6) is 0 Å². The first-order valence-corrected chi connectivity index (χ1v) is 11.3. The van der Waals surface area contributed by atoms with Gasteiger partial charge in [-0.25, -0.2) is 8.42 Å². The van der Waals surface area contributed by atoms with Crippen LogP contribution in [0.4, 0.5) is 0 Å². The van der Waals surface area contributed by atoms with Crippen molar-refractivity contribution in [2.75, 3.05) is 13.1 Å². The third-order valence-electron chi connectivity index (χ3n) is 4.96. The van der Waals surface area contributed by atoms with Gasteiger partial charge in [0.1, 0.15) is 0 Å². The van der Waals surface area contributed by atoms with Gasteiger partial charge < -0.3 is 4.90 Å². The molecule has 3 rings (SSSR count). The Kier molecular flexibility index (Phi) is 6.43. The molecule has 0 spiro atoms. The molecular weight excluding hydrogens is 396 g/mol. The molecule has 2 aromatic carbocycles. The van der Waals surface area contributed by atoms with E-state index in [1.807, 2.05) is 30.3 Å². The molecule has 0 saturated heterocycles. The lowest BCUT2D eigenvalue weighted by Gasteiger charge is -2.24. The molecule has 0 bridgehead atoms. The Morgan fingerprint density at radius 3 is 2.29 bits per heavy atom. The Morgan fingerprint density at radius 2 is 1.71 bits per heavy atom. The highest BCUT2D eigenvalue weighted by atomic mass is 35.5. The van der Waals surface area contributed by atoms with Gasteiger partial charge in [0.05, 0.1) is 15.5 Å². The quantitative estimate of drug-likeness (QED) is 0.643. The van der Waals surface area contributed by atoms with Crippen molar-refractivity contribution in [3.05, 3.63) is 64.7 Å². The maximum atomic E-state index is 13.3. The summed E-state index contributed by atoms with van der Waals surface area (Å²) in [7, 11) is -3.66. The first kappa shape index (κ1) is 20.8. The van der Waals surface area contributed by atoms with Crippen LogP contribution >= 0.6 is 11.6 Å². The molecule has 28 heavy (non-hydrogen) atoms. The molecule has 0 heterocycles. The highest BCUT2D eigenvalue weighted by Crippen LogP contribution is 2.32. The number of hydrogen-bond donors (Lipinski definition) is 0. The Bertz CT molecular complexity index is 939. The SMILES string of the molecule is CCN(CC)S(=O)(=O)c1ccc(Cl)c(C(=O)N(Cc2ccccc2)C2CC2)c1. The number of carbonyl (C=O) groups is 1. The molecule has 5 nitrogen and oxygen atoms in total. The summed E-state index contributed by atoms with van der Waals surface area (Å²) in [6.07, 6.45) is 1.90. The fourth-order valence-corrected chi connectivity index (χ4v) is 4.91. The van der Waals surface area contributed by atoms with Crippen LogP contribution in [0.25, 0.3) is 0 Å². The van der Waals surface area contributed by atoms with Crippen molar-refractivity contribution in [3.63, 3.8) is 0 Å². The standard InChI is InChI=1S/C21H25ClN2O3S/c1-3-23(4-2)28(26,27)18-12-13-20(22)19(14-18)21(25)24(17-10-11-17)15-16-8-6-5-7-9-16/h5-9,12-14,17H,3-4,10-11,15H2,1-2H3. The highest BCUT2D eigenvalue weighted by molar-refractivity contribution is 7.89. The van der Waals surface area contributed by atoms with Gasteiger partial charge >= 0.3 is 0 Å². The lowest BCUT2D eigenvalue weighted by atomic mass is 10.1. The minimum absolute atomic E-state index is 0.0967. The number of benzene rings is 2. The van der Waals surface area contributed by atoms with E-state index >= 15 is 0 Å². The van der Waals surface area contributed by atoms with Gasteiger partial charge in [-0.05, 0) is 36.6 Å². The molecule has 7 heteroatoms. The summed E-state index contributed by atoms with van der Waals surface area (Å²) in [5, 5.41) is 0.266. The largest absolute Gasteiger partial charge is 0.331 e. The van der Waals surface area contributed by atoms with Crippen LogP contribution in [-0.4, -0.2) is 42.7 Å². The third-order valence-corrected chi connectivity index (χ3v) is 7.33. The molecule has 0 unspecified atom stereocenters. The zero-order valence-electron chi connectivity index (χ0n) is 16.1. The molecule has 1 aliphatic carbocycles. The van der Waals surface area contributed by atoms with Crippen molar-refractivity contribution >= 4 is 27.5 Å². The number of rotatable bonds is 8. The lowest BCUT2D eigenvalue weighted by molar-refractivity contribution is 0.0730. The van der Waals surface area contributed by atoms with E-state index < -0.39 is 10.0 Å². The Hall–Kier alpha value is -1.89. The molecule has 1 fully saturated rings. The van der Waals surface area contributed by atoms with E-state index in [0.29, 0.717) is 19.6 Å². The predicted octanol–water partition coefficient (Wildman–Crippen LogP) is 4.18. The maximum absolute atomic E-state index is 13.3. The topological polar surface area (TPSA) is 57.7 Å². The first-order chi connectivity index (χ1) is 13.4. The van der Waals surface area contributed by atoms with E-state index in [4.69, 9.17) is 11.6 Å². The molecule has 1 aliphatic rings. The molecule has 150 valence electrons. The van der Waals surface area contributed by atoms with Crippen LogP contribution in [-0.2, 0) is 16.6 Å². The van der Waals surface area contributed by atoms with Crippen LogP contribution in [0.3, 0.4) is 0 Å². The Labute approximate surface area is 172 Å². The number of amides is 1. The van der Waals surface area contributed by atoms with E-state index in [1.54, 1.807) is 18.7 Å². The fourth-order valence-electron chi connectivity index (χ4n) is 3.23. The lowest BCUT2D eigenvalue weighted by Crippen LogP contribution is -2.33. The maximum Gasteiger partial charge on any atom is 0.255 e. The van der Waals surface area contributed by atoms with Gasteiger partial charge in [0.25, 0.3) is 5.91 Å². The summed E-state index contributed by atoms with van der Waals surface area (Å²) in [6, 6.07) is 14.3. The van der Waals surface area contributed by atoms with Crippen LogP contribution in [0.15, 0.2) is 53.4 Å². The minimum Gasteiger partial charge on any atom is -0.331 e. The number of hydrogen-bond acceptors (Lipinski definition) is 3. The van der Waals surface area contributed by atoms with Crippen LogP contribution in [0.2, 0.25) is 5.02 Å². The fraction of sp³-hybridized carbons (Fsp3) is 0.381. The summed E-state index contributed by atoms with van der Waals surface area (Å²) in [5.74, 6) is -0.229. The third kappa shape index (κ3) is 4.40. The number of nitrogens with zero attached hydrogens (tertiary/aromatic N) is 2. The molecular formula is C21H25ClN2O3S. The molecule has 0 N–H and O–H groups in total. The average molecular weight is 421 g/mol. The monoisotopic (exact) mass is 420 g/mol. The second kappa shape index (κ2) is 8.64. The second-order valence-corrected chi connectivity index (χ2v) is 9.23. The number of halogens is 1. The predicted molar refractivity (Wildman–Crippen MR) is 111 cm³/mol. The molecule has 0 aliphatic heterocycles. The van der Waals surface area contributed by atoms with Gasteiger partial charge in [-0.2, -0.15) is 4.31 Å². The number of sulfonamides is 1. The van der Waals surface area contributed by atoms with E-state index in [0.717, 1.165) is 18.4 Å². The van der Waals surface area contributed by atoms with Crippen LogP contribution < -0.4 is 0 Å². The second-order valence-electron chi connectivity index (χ2n) is 6.88. The summed E-state index contributed by atoms with van der Waals surface area (Å²) in [5.41, 5.74) is 1.27.